The molecule has 0 spiro atoms. The molecule has 4 heteroatoms. The van der Waals surface area contributed by atoms with Gasteiger partial charge in [-0.2, -0.15) is 0 Å². The van der Waals surface area contributed by atoms with Gasteiger partial charge in [-0.1, -0.05) is 38.1 Å². The monoisotopic (exact) mass is 258 g/mol. The Hall–Kier alpha value is -1.45. The molecule has 0 heterocycles. The average molecular weight is 258 g/mol. The van der Waals surface area contributed by atoms with Crippen molar-refractivity contribution in [1.82, 2.24) is 0 Å². The van der Waals surface area contributed by atoms with Gasteiger partial charge in [0, 0.05) is 24.8 Å². The molecule has 0 saturated heterocycles. The quantitative estimate of drug-likeness (QED) is 0.556. The maximum absolute atomic E-state index is 11.0. The van der Waals surface area contributed by atoms with Crippen LogP contribution in [0.25, 0.3) is 0 Å². The zero-order valence-electron chi connectivity index (χ0n) is 12.0. The normalized spacial score (nSPS) is 10.2. The molecule has 2 N–H and O–H groups in total. The van der Waals surface area contributed by atoms with Crippen LogP contribution in [0.3, 0.4) is 0 Å². The Labute approximate surface area is 117 Å². The Morgan fingerprint density at radius 2 is 1.79 bits per heavy atom. The van der Waals surface area contributed by atoms with E-state index >= 15 is 0 Å². The van der Waals surface area contributed by atoms with Crippen LogP contribution < -0.4 is 16.1 Å². The van der Waals surface area contributed by atoms with Gasteiger partial charge in [0.1, 0.15) is 7.85 Å². The van der Waals surface area contributed by atoms with E-state index in [0.29, 0.717) is 5.46 Å². The largest absolute Gasteiger partial charge is 0.385 e. The molecule has 1 rings (SSSR count). The summed E-state index contributed by atoms with van der Waals surface area (Å²) in [7, 11) is 5.81. The third kappa shape index (κ3) is 6.89. The highest BCUT2D eigenvalue weighted by Crippen LogP contribution is 2.13. The van der Waals surface area contributed by atoms with Crippen LogP contribution in [0.15, 0.2) is 18.2 Å². The zero-order chi connectivity index (χ0) is 14.1. The van der Waals surface area contributed by atoms with Gasteiger partial charge in [0.25, 0.3) is 0 Å². The maximum atomic E-state index is 11.0. The van der Waals surface area contributed by atoms with Crippen molar-refractivity contribution >= 4 is 30.6 Å². The first-order valence-corrected chi connectivity index (χ1v) is 7.04. The highest BCUT2D eigenvalue weighted by atomic mass is 16.1. The molecule has 0 atom stereocenters. The van der Waals surface area contributed by atoms with Gasteiger partial charge >= 0.3 is 0 Å². The minimum atomic E-state index is -0.0869. The lowest BCUT2D eigenvalue weighted by Gasteiger charge is -2.10. The number of hydrogen-bond donors (Lipinski definition) is 2. The van der Waals surface area contributed by atoms with E-state index < -0.39 is 0 Å². The van der Waals surface area contributed by atoms with E-state index in [1.54, 1.807) is 6.07 Å². The van der Waals surface area contributed by atoms with E-state index in [1.165, 1.54) is 32.6 Å². The summed E-state index contributed by atoms with van der Waals surface area (Å²) in [6, 6.07) is 5.55. The molecule has 1 amide bonds. The van der Waals surface area contributed by atoms with Gasteiger partial charge in [0.15, 0.2) is 0 Å². The van der Waals surface area contributed by atoms with Crippen molar-refractivity contribution in [3.05, 3.63) is 18.2 Å². The van der Waals surface area contributed by atoms with Crippen LogP contribution in [-0.4, -0.2) is 20.3 Å². The molecule has 0 saturated carbocycles. The molecular formula is C15H23BN2O. The number of carbonyl (C=O) groups excluding carboxylic acids is 1. The van der Waals surface area contributed by atoms with Gasteiger partial charge in [0.05, 0.1) is 0 Å². The predicted octanol–water partition coefficient (Wildman–Crippen LogP) is 2.82. The molecule has 0 aliphatic rings. The molecular weight excluding hydrogens is 235 g/mol. The number of benzene rings is 1. The van der Waals surface area contributed by atoms with Crippen LogP contribution >= 0.6 is 0 Å². The summed E-state index contributed by atoms with van der Waals surface area (Å²) in [5.41, 5.74) is 2.35. The predicted molar refractivity (Wildman–Crippen MR) is 83.4 cm³/mol. The van der Waals surface area contributed by atoms with E-state index in [4.69, 9.17) is 7.85 Å². The maximum Gasteiger partial charge on any atom is 0.221 e. The zero-order valence-corrected chi connectivity index (χ0v) is 12.0. The molecule has 0 bridgehead atoms. The van der Waals surface area contributed by atoms with Crippen molar-refractivity contribution in [2.24, 2.45) is 0 Å². The lowest BCUT2D eigenvalue weighted by atomic mass is 9.95. The second kappa shape index (κ2) is 8.62. The fraction of sp³-hybridized carbons (Fsp3) is 0.533. The van der Waals surface area contributed by atoms with Crippen molar-refractivity contribution in [1.29, 1.82) is 0 Å². The van der Waals surface area contributed by atoms with Crippen molar-refractivity contribution in [2.75, 3.05) is 17.2 Å². The van der Waals surface area contributed by atoms with Gasteiger partial charge in [-0.05, 0) is 24.6 Å². The molecule has 0 unspecified atom stereocenters. The van der Waals surface area contributed by atoms with Crippen LogP contribution in [0, 0.1) is 0 Å². The molecule has 3 nitrogen and oxygen atoms in total. The molecule has 1 aromatic rings. The van der Waals surface area contributed by atoms with Crippen molar-refractivity contribution in [2.45, 2.75) is 46.0 Å². The van der Waals surface area contributed by atoms with Crippen LogP contribution in [0.1, 0.15) is 46.0 Å². The Morgan fingerprint density at radius 3 is 2.47 bits per heavy atom. The van der Waals surface area contributed by atoms with Gasteiger partial charge in [-0.15, -0.1) is 0 Å². The first-order chi connectivity index (χ1) is 9.11. The smallest absolute Gasteiger partial charge is 0.221 e. The van der Waals surface area contributed by atoms with E-state index in [-0.39, 0.29) is 5.91 Å². The summed E-state index contributed by atoms with van der Waals surface area (Å²) in [6.07, 6.45) is 6.28. The summed E-state index contributed by atoms with van der Waals surface area (Å²) in [5, 5.41) is 6.09. The summed E-state index contributed by atoms with van der Waals surface area (Å²) < 4.78 is 0. The molecule has 2 radical (unpaired) electrons. The number of rotatable bonds is 8. The second-order valence-corrected chi connectivity index (χ2v) is 4.87. The van der Waals surface area contributed by atoms with Crippen LogP contribution in [0.2, 0.25) is 0 Å². The number of unbranched alkanes of at least 4 members (excludes halogenated alkanes) is 4. The van der Waals surface area contributed by atoms with Crippen molar-refractivity contribution in [3.63, 3.8) is 0 Å². The van der Waals surface area contributed by atoms with Gasteiger partial charge in [-0.3, -0.25) is 4.79 Å². The molecule has 0 aromatic heterocycles. The highest BCUT2D eigenvalue weighted by Gasteiger charge is 2.00. The van der Waals surface area contributed by atoms with Gasteiger partial charge < -0.3 is 10.6 Å². The number of amides is 1. The number of anilines is 2. The van der Waals surface area contributed by atoms with E-state index in [1.807, 2.05) is 12.1 Å². The Kier molecular flexibility index (Phi) is 7.08. The fourth-order valence-corrected chi connectivity index (χ4v) is 1.99. The molecule has 0 fully saturated rings. The fourth-order valence-electron chi connectivity index (χ4n) is 1.99. The second-order valence-electron chi connectivity index (χ2n) is 4.87. The van der Waals surface area contributed by atoms with Crippen LogP contribution in [0.4, 0.5) is 11.4 Å². The number of hydrogen-bond acceptors (Lipinski definition) is 2. The summed E-state index contributed by atoms with van der Waals surface area (Å²) >= 11 is 0. The first kappa shape index (κ1) is 15.6. The summed E-state index contributed by atoms with van der Waals surface area (Å²) in [5.74, 6) is -0.0869. The Balaban J connectivity index is 2.40. The Morgan fingerprint density at radius 1 is 1.11 bits per heavy atom. The lowest BCUT2D eigenvalue weighted by Crippen LogP contribution is -2.12. The molecule has 0 aliphatic heterocycles. The number of carbonyl (C=O) groups is 1. The lowest BCUT2D eigenvalue weighted by molar-refractivity contribution is -0.114. The highest BCUT2D eigenvalue weighted by molar-refractivity contribution is 6.33. The number of nitrogens with one attached hydrogen (secondary N) is 2. The summed E-state index contributed by atoms with van der Waals surface area (Å²) in [6.45, 7) is 4.64. The minimum absolute atomic E-state index is 0.0869. The molecule has 102 valence electrons. The molecule has 0 aliphatic carbocycles. The topological polar surface area (TPSA) is 41.1 Å². The first-order valence-electron chi connectivity index (χ1n) is 7.04. The minimum Gasteiger partial charge on any atom is -0.385 e. The SMILES string of the molecule is [B]c1cc(NCCCCCCC)cc(NC(C)=O)c1. The standard InChI is InChI=1S/C15H23BN2O/c1-3-4-5-6-7-8-17-14-9-13(16)10-15(11-14)18-12(2)19/h9-11,17H,3-8H2,1-2H3,(H,18,19). The van der Waals surface area contributed by atoms with Crippen LogP contribution in [0.5, 0.6) is 0 Å². The Bertz CT molecular complexity index is 407. The van der Waals surface area contributed by atoms with E-state index in [9.17, 15) is 4.79 Å². The summed E-state index contributed by atoms with van der Waals surface area (Å²) in [4.78, 5) is 11.0. The van der Waals surface area contributed by atoms with E-state index in [2.05, 4.69) is 17.6 Å². The third-order valence-electron chi connectivity index (χ3n) is 2.89. The molecule has 1 aromatic carbocycles. The van der Waals surface area contributed by atoms with Crippen molar-refractivity contribution < 1.29 is 4.79 Å². The molecule has 19 heavy (non-hydrogen) atoms. The van der Waals surface area contributed by atoms with Gasteiger partial charge in [-0.25, -0.2) is 0 Å². The third-order valence-corrected chi connectivity index (χ3v) is 2.89. The van der Waals surface area contributed by atoms with Gasteiger partial charge in [0.2, 0.25) is 5.91 Å². The van der Waals surface area contributed by atoms with Crippen molar-refractivity contribution in [3.8, 4) is 0 Å². The van der Waals surface area contributed by atoms with Crippen LogP contribution in [-0.2, 0) is 4.79 Å². The van der Waals surface area contributed by atoms with E-state index in [0.717, 1.165) is 24.3 Å². The average Bonchev–Trinajstić information content (AvgIpc) is 2.32.